The molecule has 0 fully saturated rings. The Balaban J connectivity index is 4.11. The van der Waals surface area contributed by atoms with Gasteiger partial charge in [-0.25, -0.2) is 0 Å². The van der Waals surface area contributed by atoms with Crippen LogP contribution in [0.2, 0.25) is 0 Å². The van der Waals surface area contributed by atoms with Crippen molar-refractivity contribution < 1.29 is 4.79 Å². The summed E-state index contributed by atoms with van der Waals surface area (Å²) in [5.41, 5.74) is 1.04. The van der Waals surface area contributed by atoms with Crippen LogP contribution in [-0.4, -0.2) is 17.0 Å². The topological polar surface area (TPSA) is 29.1 Å². The Morgan fingerprint density at radius 1 is 1.38 bits per heavy atom. The van der Waals surface area contributed by atoms with Crippen LogP contribution in [0.3, 0.4) is 0 Å². The van der Waals surface area contributed by atoms with Crippen molar-refractivity contribution in [3.63, 3.8) is 0 Å². The molecule has 0 saturated carbocycles. The van der Waals surface area contributed by atoms with E-state index in [4.69, 9.17) is 0 Å². The zero-order valence-electron chi connectivity index (χ0n) is 11.2. The molecule has 94 valence electrons. The molecule has 1 unspecified atom stereocenters. The van der Waals surface area contributed by atoms with Gasteiger partial charge in [-0.2, -0.15) is 0 Å². The average molecular weight is 243 g/mol. The quantitative estimate of drug-likeness (QED) is 0.547. The van der Waals surface area contributed by atoms with E-state index in [1.54, 1.807) is 6.08 Å². The van der Waals surface area contributed by atoms with Crippen molar-refractivity contribution >= 4 is 17.7 Å². The van der Waals surface area contributed by atoms with Gasteiger partial charge in [0.2, 0.25) is 5.91 Å². The molecule has 3 heteroatoms. The molecule has 0 aliphatic heterocycles. The largest absolute Gasteiger partial charge is 0.341 e. The summed E-state index contributed by atoms with van der Waals surface area (Å²) in [4.78, 5) is 11.6. The molecule has 0 saturated heterocycles. The minimum Gasteiger partial charge on any atom is -0.341 e. The van der Waals surface area contributed by atoms with Crippen LogP contribution in [0.5, 0.6) is 0 Å². The van der Waals surface area contributed by atoms with Gasteiger partial charge in [0.25, 0.3) is 0 Å². The molecular weight excluding hydrogens is 218 g/mol. The summed E-state index contributed by atoms with van der Waals surface area (Å²) in [6.07, 6.45) is 3.81. The lowest BCUT2D eigenvalue weighted by Crippen LogP contribution is -2.31. The predicted octanol–water partition coefficient (Wildman–Crippen LogP) is 3.58. The van der Waals surface area contributed by atoms with Crippen molar-refractivity contribution in [1.82, 2.24) is 5.32 Å². The normalized spacial score (nSPS) is 12.4. The van der Waals surface area contributed by atoms with Crippen LogP contribution in [0.25, 0.3) is 0 Å². The molecule has 0 spiro atoms. The molecular formula is C13H25NOS. The fourth-order valence-electron chi connectivity index (χ4n) is 1.23. The lowest BCUT2D eigenvalue weighted by molar-refractivity contribution is -0.116. The van der Waals surface area contributed by atoms with E-state index in [0.29, 0.717) is 5.92 Å². The van der Waals surface area contributed by atoms with Crippen LogP contribution < -0.4 is 5.32 Å². The fourth-order valence-corrected chi connectivity index (χ4v) is 2.45. The molecule has 0 aliphatic carbocycles. The zero-order valence-corrected chi connectivity index (χ0v) is 12.0. The van der Waals surface area contributed by atoms with E-state index in [1.807, 2.05) is 25.6 Å². The van der Waals surface area contributed by atoms with E-state index in [1.165, 1.54) is 0 Å². The summed E-state index contributed by atoms with van der Waals surface area (Å²) < 4.78 is 0. The monoisotopic (exact) mass is 243 g/mol. The summed E-state index contributed by atoms with van der Waals surface area (Å²) in [7, 11) is 0. The number of rotatable bonds is 7. The molecule has 0 aromatic heterocycles. The molecule has 2 nitrogen and oxygen atoms in total. The Hall–Kier alpha value is -0.440. The molecule has 0 heterocycles. The molecule has 1 atom stereocenters. The average Bonchev–Trinajstić information content (AvgIpc) is 2.13. The van der Waals surface area contributed by atoms with Gasteiger partial charge in [-0.05, 0) is 31.9 Å². The van der Waals surface area contributed by atoms with Gasteiger partial charge < -0.3 is 5.32 Å². The SMILES string of the molecule is CCCC(NC(=O)C=C(C)C)SCC(C)C. The number of hydrogen-bond acceptors (Lipinski definition) is 2. The van der Waals surface area contributed by atoms with Crippen LogP contribution in [0.15, 0.2) is 11.6 Å². The lowest BCUT2D eigenvalue weighted by Gasteiger charge is -2.18. The lowest BCUT2D eigenvalue weighted by atomic mass is 10.3. The second-order valence-electron chi connectivity index (χ2n) is 4.73. The molecule has 0 radical (unpaired) electrons. The van der Waals surface area contributed by atoms with Crippen LogP contribution in [0, 0.1) is 5.92 Å². The highest BCUT2D eigenvalue weighted by molar-refractivity contribution is 7.99. The highest BCUT2D eigenvalue weighted by atomic mass is 32.2. The van der Waals surface area contributed by atoms with E-state index in [9.17, 15) is 4.79 Å². The second kappa shape index (κ2) is 8.68. The van der Waals surface area contributed by atoms with Crippen LogP contribution >= 0.6 is 11.8 Å². The first-order valence-corrected chi connectivity index (χ1v) is 7.07. The van der Waals surface area contributed by atoms with Gasteiger partial charge in [0, 0.05) is 6.08 Å². The van der Waals surface area contributed by atoms with Crippen molar-refractivity contribution in [3.8, 4) is 0 Å². The van der Waals surface area contributed by atoms with Gasteiger partial charge in [0.1, 0.15) is 0 Å². The van der Waals surface area contributed by atoms with E-state index in [-0.39, 0.29) is 11.3 Å². The van der Waals surface area contributed by atoms with Crippen molar-refractivity contribution in [2.45, 2.75) is 52.8 Å². The van der Waals surface area contributed by atoms with Crippen LogP contribution in [0.1, 0.15) is 47.5 Å². The van der Waals surface area contributed by atoms with E-state index < -0.39 is 0 Å². The first-order valence-electron chi connectivity index (χ1n) is 6.02. The highest BCUT2D eigenvalue weighted by Crippen LogP contribution is 2.17. The number of allylic oxidation sites excluding steroid dienone is 1. The minimum absolute atomic E-state index is 0.0368. The van der Waals surface area contributed by atoms with E-state index in [2.05, 4.69) is 26.1 Å². The van der Waals surface area contributed by atoms with E-state index in [0.717, 1.165) is 24.2 Å². The van der Waals surface area contributed by atoms with Crippen molar-refractivity contribution in [1.29, 1.82) is 0 Å². The van der Waals surface area contributed by atoms with Gasteiger partial charge >= 0.3 is 0 Å². The summed E-state index contributed by atoms with van der Waals surface area (Å²) in [6, 6.07) is 0. The molecule has 0 rings (SSSR count). The number of thioether (sulfide) groups is 1. The predicted molar refractivity (Wildman–Crippen MR) is 73.6 cm³/mol. The molecule has 1 N–H and O–H groups in total. The second-order valence-corrected chi connectivity index (χ2v) is 5.97. The minimum atomic E-state index is 0.0368. The first kappa shape index (κ1) is 15.6. The summed E-state index contributed by atoms with van der Waals surface area (Å²) in [5.74, 6) is 1.80. The highest BCUT2D eigenvalue weighted by Gasteiger charge is 2.10. The Labute approximate surface area is 104 Å². The molecule has 16 heavy (non-hydrogen) atoms. The Bertz CT molecular complexity index is 232. The molecule has 0 aromatic rings. The first-order chi connectivity index (χ1) is 7.45. The summed E-state index contributed by atoms with van der Waals surface area (Å²) >= 11 is 1.85. The molecule has 0 aliphatic rings. The van der Waals surface area contributed by atoms with E-state index >= 15 is 0 Å². The van der Waals surface area contributed by atoms with Gasteiger partial charge in [-0.3, -0.25) is 4.79 Å². The van der Waals surface area contributed by atoms with Gasteiger partial charge in [-0.1, -0.05) is 32.8 Å². The van der Waals surface area contributed by atoms with Gasteiger partial charge in [0.05, 0.1) is 5.37 Å². The third-order valence-corrected chi connectivity index (χ3v) is 3.52. The van der Waals surface area contributed by atoms with Crippen molar-refractivity contribution in [2.75, 3.05) is 5.75 Å². The number of carbonyl (C=O) groups is 1. The maximum atomic E-state index is 11.6. The maximum absolute atomic E-state index is 11.6. The number of amides is 1. The van der Waals surface area contributed by atoms with Crippen LogP contribution in [-0.2, 0) is 4.79 Å². The van der Waals surface area contributed by atoms with Gasteiger partial charge in [-0.15, -0.1) is 11.8 Å². The Kier molecular flexibility index (Phi) is 8.44. The van der Waals surface area contributed by atoms with Gasteiger partial charge in [0.15, 0.2) is 0 Å². The number of carbonyl (C=O) groups excluding carboxylic acids is 1. The Morgan fingerprint density at radius 2 is 2.00 bits per heavy atom. The standard InChI is InChI=1S/C13H25NOS/c1-6-7-13(16-9-11(4)5)14-12(15)8-10(2)3/h8,11,13H,6-7,9H2,1-5H3,(H,14,15). The van der Waals surface area contributed by atoms with Crippen molar-refractivity contribution in [2.24, 2.45) is 5.92 Å². The summed E-state index contributed by atoms with van der Waals surface area (Å²) in [6.45, 7) is 10.4. The smallest absolute Gasteiger partial charge is 0.244 e. The number of nitrogens with one attached hydrogen (secondary N) is 1. The number of hydrogen-bond donors (Lipinski definition) is 1. The molecule has 0 aromatic carbocycles. The van der Waals surface area contributed by atoms with Crippen molar-refractivity contribution in [3.05, 3.63) is 11.6 Å². The Morgan fingerprint density at radius 3 is 2.44 bits per heavy atom. The molecule has 0 bridgehead atoms. The third-order valence-electron chi connectivity index (χ3n) is 1.90. The maximum Gasteiger partial charge on any atom is 0.244 e. The fraction of sp³-hybridized carbons (Fsp3) is 0.769. The zero-order chi connectivity index (χ0) is 12.6. The van der Waals surface area contributed by atoms with Crippen LogP contribution in [0.4, 0.5) is 0 Å². The third kappa shape index (κ3) is 8.84. The molecule has 1 amide bonds. The summed E-state index contributed by atoms with van der Waals surface area (Å²) in [5, 5.41) is 3.31.